The zero-order valence-electron chi connectivity index (χ0n) is 10.7. The Balaban J connectivity index is 1.60. The fourth-order valence-corrected chi connectivity index (χ4v) is 3.82. The van der Waals surface area contributed by atoms with Gasteiger partial charge in [-0.3, -0.25) is 4.90 Å². The van der Waals surface area contributed by atoms with Crippen LogP contribution in [0, 0.1) is 0 Å². The number of anilines is 1. The predicted octanol–water partition coefficient (Wildman–Crippen LogP) is 1.70. The van der Waals surface area contributed by atoms with Crippen LogP contribution in [-0.2, 0) is 6.61 Å². The van der Waals surface area contributed by atoms with Gasteiger partial charge >= 0.3 is 0 Å². The van der Waals surface area contributed by atoms with Crippen LogP contribution in [-0.4, -0.2) is 47.2 Å². The lowest BCUT2D eigenvalue weighted by Crippen LogP contribution is -2.40. The van der Waals surface area contributed by atoms with Crippen molar-refractivity contribution >= 4 is 16.5 Å². The van der Waals surface area contributed by atoms with E-state index < -0.39 is 0 Å². The molecule has 0 saturated carbocycles. The number of aliphatic hydroxyl groups excluding tert-OH is 1. The summed E-state index contributed by atoms with van der Waals surface area (Å²) in [5.74, 6) is 0. The highest BCUT2D eigenvalue weighted by Crippen LogP contribution is 2.28. The molecule has 1 atom stereocenters. The summed E-state index contributed by atoms with van der Waals surface area (Å²) < 4.78 is 0. The van der Waals surface area contributed by atoms with E-state index in [0.717, 1.165) is 23.1 Å². The maximum absolute atomic E-state index is 9.09. The lowest BCUT2D eigenvalue weighted by Gasteiger charge is -2.32. The molecule has 3 heterocycles. The Hall–Kier alpha value is -0.650. The first-order valence-corrected chi connectivity index (χ1v) is 7.73. The first-order valence-electron chi connectivity index (χ1n) is 6.91. The Morgan fingerprint density at radius 3 is 2.83 bits per heavy atom. The maximum atomic E-state index is 9.09. The molecular weight excluding hydrogens is 246 g/mol. The zero-order chi connectivity index (χ0) is 12.4. The summed E-state index contributed by atoms with van der Waals surface area (Å²) in [5, 5.41) is 10.2. The van der Waals surface area contributed by atoms with Crippen molar-refractivity contribution in [2.24, 2.45) is 0 Å². The second-order valence-corrected chi connectivity index (χ2v) is 6.35. The van der Waals surface area contributed by atoms with Gasteiger partial charge in [-0.15, -0.1) is 0 Å². The van der Waals surface area contributed by atoms with E-state index in [1.54, 1.807) is 17.5 Å². The molecule has 3 rings (SSSR count). The normalized spacial score (nSPS) is 25.8. The highest BCUT2D eigenvalue weighted by molar-refractivity contribution is 7.15. The Morgan fingerprint density at radius 2 is 2.11 bits per heavy atom. The second kappa shape index (κ2) is 5.55. The molecular formula is C13H21N3OS. The number of nitrogens with zero attached hydrogens (tertiary/aromatic N) is 3. The summed E-state index contributed by atoms with van der Waals surface area (Å²) in [7, 11) is 0. The fourth-order valence-electron chi connectivity index (χ4n) is 3.01. The average molecular weight is 267 g/mol. The minimum absolute atomic E-state index is 0.112. The molecule has 2 aliphatic rings. The van der Waals surface area contributed by atoms with Gasteiger partial charge in [0.05, 0.1) is 11.5 Å². The van der Waals surface area contributed by atoms with E-state index in [9.17, 15) is 0 Å². The Labute approximate surface area is 112 Å². The van der Waals surface area contributed by atoms with Crippen molar-refractivity contribution in [1.82, 2.24) is 9.88 Å². The number of thiazole rings is 1. The van der Waals surface area contributed by atoms with Gasteiger partial charge in [-0.05, 0) is 32.4 Å². The summed E-state index contributed by atoms with van der Waals surface area (Å²) >= 11 is 1.63. The number of aliphatic hydroxyl groups is 1. The quantitative estimate of drug-likeness (QED) is 0.905. The van der Waals surface area contributed by atoms with E-state index in [0.29, 0.717) is 6.04 Å². The monoisotopic (exact) mass is 267 g/mol. The van der Waals surface area contributed by atoms with E-state index in [-0.39, 0.29) is 6.61 Å². The van der Waals surface area contributed by atoms with Gasteiger partial charge in [-0.1, -0.05) is 17.8 Å². The van der Waals surface area contributed by atoms with Gasteiger partial charge in [-0.25, -0.2) is 4.98 Å². The van der Waals surface area contributed by atoms with Gasteiger partial charge in [0.1, 0.15) is 0 Å². The van der Waals surface area contributed by atoms with Crippen LogP contribution >= 0.6 is 11.3 Å². The average Bonchev–Trinajstić information content (AvgIpc) is 3.08. The van der Waals surface area contributed by atoms with Crippen LogP contribution in [0.2, 0.25) is 0 Å². The molecule has 2 aliphatic heterocycles. The molecule has 18 heavy (non-hydrogen) atoms. The van der Waals surface area contributed by atoms with Crippen LogP contribution < -0.4 is 4.90 Å². The van der Waals surface area contributed by atoms with Gasteiger partial charge in [0.15, 0.2) is 5.13 Å². The van der Waals surface area contributed by atoms with E-state index >= 15 is 0 Å². The smallest absolute Gasteiger partial charge is 0.185 e. The number of likely N-dealkylation sites (tertiary alicyclic amines) is 1. The first-order chi connectivity index (χ1) is 8.86. The Morgan fingerprint density at radius 1 is 1.28 bits per heavy atom. The topological polar surface area (TPSA) is 39.6 Å². The summed E-state index contributed by atoms with van der Waals surface area (Å²) in [5.41, 5.74) is 0. The first kappa shape index (κ1) is 12.4. The number of hydrogen-bond donors (Lipinski definition) is 1. The van der Waals surface area contributed by atoms with Crippen LogP contribution in [0.15, 0.2) is 6.20 Å². The van der Waals surface area contributed by atoms with Crippen LogP contribution in [0.3, 0.4) is 0 Å². The van der Waals surface area contributed by atoms with Gasteiger partial charge in [0.25, 0.3) is 0 Å². The molecule has 4 nitrogen and oxygen atoms in total. The summed E-state index contributed by atoms with van der Waals surface area (Å²) in [6.45, 7) is 4.88. The van der Waals surface area contributed by atoms with Crippen molar-refractivity contribution in [1.29, 1.82) is 0 Å². The summed E-state index contributed by atoms with van der Waals surface area (Å²) in [6.07, 6.45) is 7.19. The molecule has 5 heteroatoms. The van der Waals surface area contributed by atoms with Crippen molar-refractivity contribution < 1.29 is 5.11 Å². The molecule has 2 fully saturated rings. The third-order valence-corrected chi connectivity index (χ3v) is 5.08. The lowest BCUT2D eigenvalue weighted by atomic mass is 10.1. The molecule has 0 aromatic carbocycles. The molecule has 0 spiro atoms. The highest BCUT2D eigenvalue weighted by Gasteiger charge is 2.29. The van der Waals surface area contributed by atoms with Gasteiger partial charge in [0, 0.05) is 25.3 Å². The van der Waals surface area contributed by atoms with E-state index in [1.165, 1.54) is 38.8 Å². The van der Waals surface area contributed by atoms with E-state index in [4.69, 9.17) is 5.11 Å². The van der Waals surface area contributed by atoms with Gasteiger partial charge in [0.2, 0.25) is 0 Å². The summed E-state index contributed by atoms with van der Waals surface area (Å²) in [6, 6.07) is 0.715. The van der Waals surface area contributed by atoms with Crippen molar-refractivity contribution in [2.45, 2.75) is 38.3 Å². The minimum Gasteiger partial charge on any atom is -0.391 e. The molecule has 0 amide bonds. The fraction of sp³-hybridized carbons (Fsp3) is 0.769. The molecule has 1 unspecified atom stereocenters. The van der Waals surface area contributed by atoms with Crippen LogP contribution in [0.4, 0.5) is 5.13 Å². The number of hydrogen-bond acceptors (Lipinski definition) is 5. The van der Waals surface area contributed by atoms with Crippen molar-refractivity contribution in [3.63, 3.8) is 0 Å². The molecule has 0 radical (unpaired) electrons. The molecule has 1 aromatic heterocycles. The minimum atomic E-state index is 0.112. The molecule has 0 bridgehead atoms. The molecule has 1 aromatic rings. The Bertz CT molecular complexity index is 389. The largest absolute Gasteiger partial charge is 0.391 e. The molecule has 0 aliphatic carbocycles. The van der Waals surface area contributed by atoms with Gasteiger partial charge < -0.3 is 10.0 Å². The third-order valence-electron chi connectivity index (χ3n) is 4.04. The van der Waals surface area contributed by atoms with Crippen LogP contribution in [0.5, 0.6) is 0 Å². The van der Waals surface area contributed by atoms with Crippen molar-refractivity contribution in [3.8, 4) is 0 Å². The molecule has 100 valence electrons. The highest BCUT2D eigenvalue weighted by atomic mass is 32.1. The molecule has 2 saturated heterocycles. The lowest BCUT2D eigenvalue weighted by molar-refractivity contribution is 0.175. The van der Waals surface area contributed by atoms with E-state index in [1.807, 2.05) is 0 Å². The number of rotatable bonds is 3. The van der Waals surface area contributed by atoms with Crippen LogP contribution in [0.25, 0.3) is 0 Å². The van der Waals surface area contributed by atoms with Crippen molar-refractivity contribution in [2.75, 3.05) is 31.1 Å². The van der Waals surface area contributed by atoms with Crippen molar-refractivity contribution in [3.05, 3.63) is 11.1 Å². The third kappa shape index (κ3) is 2.53. The molecule has 1 N–H and O–H groups in total. The maximum Gasteiger partial charge on any atom is 0.185 e. The van der Waals surface area contributed by atoms with Crippen LogP contribution in [0.1, 0.15) is 30.6 Å². The second-order valence-electron chi connectivity index (χ2n) is 5.25. The zero-order valence-corrected chi connectivity index (χ0v) is 11.5. The van der Waals surface area contributed by atoms with E-state index in [2.05, 4.69) is 14.8 Å². The Kier molecular flexibility index (Phi) is 3.82. The van der Waals surface area contributed by atoms with Gasteiger partial charge in [-0.2, -0.15) is 0 Å². The number of piperidine rings is 1. The SMILES string of the molecule is OCc1cnc(N2CCC(N3CCCCC3)C2)s1. The summed E-state index contributed by atoms with van der Waals surface area (Å²) in [4.78, 5) is 10.4. The number of aromatic nitrogens is 1. The standard InChI is InChI=1S/C13H21N3OS/c17-10-12-8-14-13(18-12)16-7-4-11(9-16)15-5-2-1-3-6-15/h8,11,17H,1-7,9-10H2. The predicted molar refractivity (Wildman–Crippen MR) is 74.1 cm³/mol.